The standard InChI is InChI=1S/C31H35N3O5/c1-21(34(2)19-22-10-4-3-5-11-22)16-17-32-30(37)28(18-29(35)36)33-31(38)39-20-27-25-14-8-6-12-23(25)24-13-7-9-15-26(24)27/h3-15,21,27-28H,16-20H2,1-2H3,(H,32,37)(H,33,38)(H,35,36). The highest BCUT2D eigenvalue weighted by atomic mass is 16.5. The number of aliphatic carboxylic acids is 1. The van der Waals surface area contributed by atoms with Crippen molar-refractivity contribution in [1.82, 2.24) is 15.5 Å². The molecular weight excluding hydrogens is 494 g/mol. The summed E-state index contributed by atoms with van der Waals surface area (Å²) in [5.74, 6) is -1.88. The van der Waals surface area contributed by atoms with Gasteiger partial charge in [0.1, 0.15) is 12.6 Å². The predicted octanol–water partition coefficient (Wildman–Crippen LogP) is 4.40. The van der Waals surface area contributed by atoms with E-state index in [1.165, 1.54) is 5.56 Å². The van der Waals surface area contributed by atoms with Crippen LogP contribution in [0.1, 0.15) is 42.4 Å². The first-order valence-corrected chi connectivity index (χ1v) is 13.2. The second-order valence-corrected chi connectivity index (χ2v) is 9.95. The fourth-order valence-corrected chi connectivity index (χ4v) is 4.94. The number of carbonyl (C=O) groups excluding carboxylic acids is 2. The maximum absolute atomic E-state index is 12.8. The fourth-order valence-electron chi connectivity index (χ4n) is 4.94. The summed E-state index contributed by atoms with van der Waals surface area (Å²) in [6.45, 7) is 3.27. The number of nitrogens with zero attached hydrogens (tertiary/aromatic N) is 1. The molecule has 3 N–H and O–H groups in total. The molecule has 204 valence electrons. The molecule has 3 aromatic carbocycles. The Labute approximate surface area is 229 Å². The summed E-state index contributed by atoms with van der Waals surface area (Å²) >= 11 is 0. The Morgan fingerprint density at radius 1 is 0.923 bits per heavy atom. The zero-order valence-electron chi connectivity index (χ0n) is 22.3. The van der Waals surface area contributed by atoms with Crippen molar-refractivity contribution in [3.8, 4) is 11.1 Å². The lowest BCUT2D eigenvalue weighted by molar-refractivity contribution is -0.139. The van der Waals surface area contributed by atoms with Crippen LogP contribution in [0.15, 0.2) is 78.9 Å². The van der Waals surface area contributed by atoms with E-state index in [9.17, 15) is 19.5 Å². The van der Waals surface area contributed by atoms with Crippen LogP contribution >= 0.6 is 0 Å². The van der Waals surface area contributed by atoms with Crippen molar-refractivity contribution in [3.05, 3.63) is 95.6 Å². The molecule has 0 bridgehead atoms. The molecule has 1 aliphatic rings. The first kappa shape index (κ1) is 27.9. The average molecular weight is 530 g/mol. The summed E-state index contributed by atoms with van der Waals surface area (Å²) in [6.07, 6.45) is -0.700. The molecule has 0 saturated carbocycles. The number of ether oxygens (including phenoxy) is 1. The van der Waals surface area contributed by atoms with Crippen molar-refractivity contribution < 1.29 is 24.2 Å². The van der Waals surface area contributed by atoms with Crippen LogP contribution in [-0.2, 0) is 20.9 Å². The summed E-state index contributed by atoms with van der Waals surface area (Å²) in [5.41, 5.74) is 5.54. The number of hydrogen-bond donors (Lipinski definition) is 3. The van der Waals surface area contributed by atoms with Gasteiger partial charge in [0, 0.05) is 25.0 Å². The SMILES string of the molecule is CC(CCNC(=O)C(CC(=O)O)NC(=O)OCC1c2ccccc2-c2ccccc21)N(C)Cc1ccccc1. The van der Waals surface area contributed by atoms with Crippen molar-refractivity contribution >= 4 is 18.0 Å². The molecule has 39 heavy (non-hydrogen) atoms. The monoisotopic (exact) mass is 529 g/mol. The van der Waals surface area contributed by atoms with Crippen LogP contribution in [0.4, 0.5) is 4.79 Å². The van der Waals surface area contributed by atoms with Crippen LogP contribution in [0, 0.1) is 0 Å². The van der Waals surface area contributed by atoms with E-state index in [2.05, 4.69) is 34.6 Å². The number of alkyl carbamates (subject to hydrolysis) is 1. The van der Waals surface area contributed by atoms with Crippen molar-refractivity contribution in [3.63, 3.8) is 0 Å². The van der Waals surface area contributed by atoms with E-state index in [4.69, 9.17) is 4.74 Å². The molecule has 4 rings (SSSR count). The molecule has 0 heterocycles. The number of benzene rings is 3. The number of rotatable bonds is 12. The van der Waals surface area contributed by atoms with Gasteiger partial charge in [-0.1, -0.05) is 78.9 Å². The number of hydrogen-bond acceptors (Lipinski definition) is 5. The molecule has 2 unspecified atom stereocenters. The van der Waals surface area contributed by atoms with Crippen molar-refractivity contribution in [2.75, 3.05) is 20.2 Å². The second kappa shape index (κ2) is 13.1. The van der Waals surface area contributed by atoms with Gasteiger partial charge in [0.05, 0.1) is 6.42 Å². The van der Waals surface area contributed by atoms with E-state index < -0.39 is 30.4 Å². The molecule has 8 heteroatoms. The number of amides is 2. The van der Waals surface area contributed by atoms with Crippen LogP contribution in [0.5, 0.6) is 0 Å². The zero-order chi connectivity index (χ0) is 27.8. The van der Waals surface area contributed by atoms with Gasteiger partial charge in [-0.25, -0.2) is 4.79 Å². The highest BCUT2D eigenvalue weighted by molar-refractivity contribution is 5.89. The maximum atomic E-state index is 12.8. The normalized spacial score (nSPS) is 13.7. The minimum atomic E-state index is -1.24. The smallest absolute Gasteiger partial charge is 0.407 e. The minimum Gasteiger partial charge on any atom is -0.481 e. The Morgan fingerprint density at radius 2 is 1.51 bits per heavy atom. The second-order valence-electron chi connectivity index (χ2n) is 9.95. The average Bonchev–Trinajstić information content (AvgIpc) is 3.25. The minimum absolute atomic E-state index is 0.0759. The van der Waals surface area contributed by atoms with Crippen molar-refractivity contribution in [2.24, 2.45) is 0 Å². The zero-order valence-corrected chi connectivity index (χ0v) is 22.3. The van der Waals surface area contributed by atoms with Gasteiger partial charge in [-0.15, -0.1) is 0 Å². The Bertz CT molecular complexity index is 1250. The molecule has 2 amide bonds. The first-order chi connectivity index (χ1) is 18.8. The van der Waals surface area contributed by atoms with Gasteiger partial charge < -0.3 is 20.5 Å². The number of nitrogens with one attached hydrogen (secondary N) is 2. The highest BCUT2D eigenvalue weighted by Crippen LogP contribution is 2.44. The van der Waals surface area contributed by atoms with Gasteiger partial charge >= 0.3 is 12.1 Å². The van der Waals surface area contributed by atoms with Gasteiger partial charge in [0.2, 0.25) is 5.91 Å². The largest absolute Gasteiger partial charge is 0.481 e. The third-order valence-corrected chi connectivity index (χ3v) is 7.22. The van der Waals surface area contributed by atoms with Gasteiger partial charge in [0.25, 0.3) is 0 Å². The summed E-state index contributed by atoms with van der Waals surface area (Å²) in [4.78, 5) is 39.0. The topological polar surface area (TPSA) is 108 Å². The fraction of sp³-hybridized carbons (Fsp3) is 0.323. The number of carbonyl (C=O) groups is 3. The van der Waals surface area contributed by atoms with E-state index in [1.807, 2.05) is 73.8 Å². The molecule has 2 atom stereocenters. The molecule has 3 aromatic rings. The van der Waals surface area contributed by atoms with E-state index in [0.29, 0.717) is 13.0 Å². The van der Waals surface area contributed by atoms with E-state index in [0.717, 1.165) is 28.8 Å². The third-order valence-electron chi connectivity index (χ3n) is 7.22. The molecule has 0 fully saturated rings. The molecule has 0 radical (unpaired) electrons. The Balaban J connectivity index is 1.28. The number of carboxylic acid groups (broad SMARTS) is 1. The molecule has 0 aromatic heterocycles. The molecule has 0 spiro atoms. The predicted molar refractivity (Wildman–Crippen MR) is 149 cm³/mol. The van der Waals surface area contributed by atoms with Crippen molar-refractivity contribution in [1.29, 1.82) is 0 Å². The van der Waals surface area contributed by atoms with E-state index in [1.54, 1.807) is 0 Å². The van der Waals surface area contributed by atoms with Crippen LogP contribution in [0.25, 0.3) is 11.1 Å². The Morgan fingerprint density at radius 3 is 2.13 bits per heavy atom. The van der Waals surface area contributed by atoms with E-state index >= 15 is 0 Å². The van der Waals surface area contributed by atoms with Crippen LogP contribution in [0.2, 0.25) is 0 Å². The molecule has 0 saturated heterocycles. The maximum Gasteiger partial charge on any atom is 0.407 e. The third kappa shape index (κ3) is 7.23. The first-order valence-electron chi connectivity index (χ1n) is 13.2. The number of fused-ring (bicyclic) bond motifs is 3. The molecular formula is C31H35N3O5. The lowest BCUT2D eigenvalue weighted by Crippen LogP contribution is -2.48. The van der Waals surface area contributed by atoms with Gasteiger partial charge in [-0.3, -0.25) is 14.5 Å². The molecule has 8 nitrogen and oxygen atoms in total. The van der Waals surface area contributed by atoms with Crippen molar-refractivity contribution in [2.45, 2.75) is 44.3 Å². The lowest BCUT2D eigenvalue weighted by atomic mass is 9.98. The number of carboxylic acids is 1. The summed E-state index contributed by atoms with van der Waals surface area (Å²) in [5, 5.41) is 14.5. The van der Waals surface area contributed by atoms with Crippen LogP contribution in [-0.4, -0.2) is 60.3 Å². The van der Waals surface area contributed by atoms with E-state index in [-0.39, 0.29) is 18.6 Å². The summed E-state index contributed by atoms with van der Waals surface area (Å²) in [7, 11) is 2.02. The Kier molecular flexibility index (Phi) is 9.33. The summed E-state index contributed by atoms with van der Waals surface area (Å²) in [6, 6.07) is 25.0. The highest BCUT2D eigenvalue weighted by Gasteiger charge is 2.30. The molecule has 1 aliphatic carbocycles. The summed E-state index contributed by atoms with van der Waals surface area (Å²) < 4.78 is 5.50. The van der Waals surface area contributed by atoms with Gasteiger partial charge in [0.15, 0.2) is 0 Å². The van der Waals surface area contributed by atoms with Crippen LogP contribution < -0.4 is 10.6 Å². The molecule has 0 aliphatic heterocycles. The van der Waals surface area contributed by atoms with Gasteiger partial charge in [-0.05, 0) is 48.2 Å². The lowest BCUT2D eigenvalue weighted by Gasteiger charge is -2.25. The van der Waals surface area contributed by atoms with Gasteiger partial charge in [-0.2, -0.15) is 0 Å². The van der Waals surface area contributed by atoms with Crippen LogP contribution in [0.3, 0.4) is 0 Å². The quantitative estimate of drug-likeness (QED) is 0.321. The Hall–Kier alpha value is -4.17.